The van der Waals surface area contributed by atoms with Crippen molar-refractivity contribution in [2.75, 3.05) is 6.73 Å². The maximum atomic E-state index is 11.8. The Morgan fingerprint density at radius 3 is 2.44 bits per heavy atom. The molecule has 0 bridgehead atoms. The smallest absolute Gasteiger partial charge is 0.224 e. The van der Waals surface area contributed by atoms with Gasteiger partial charge in [-0.15, -0.1) is 0 Å². The molecule has 2 unspecified atom stereocenters. The average molecular weight is 229 g/mol. The normalized spacial score (nSPS) is 14.5. The zero-order valence-corrected chi connectivity index (χ0v) is 11.2. The number of amides is 1. The summed E-state index contributed by atoms with van der Waals surface area (Å²) in [6.07, 6.45) is 5.36. The number of carbonyl (C=O) groups is 1. The van der Waals surface area contributed by atoms with Gasteiger partial charge in [0.05, 0.1) is 6.10 Å². The Morgan fingerprint density at radius 1 is 1.25 bits per heavy atom. The number of nitrogens with one attached hydrogen (secondary N) is 1. The van der Waals surface area contributed by atoms with E-state index in [1.54, 1.807) is 0 Å². The van der Waals surface area contributed by atoms with Crippen LogP contribution in [0.4, 0.5) is 0 Å². The van der Waals surface area contributed by atoms with E-state index < -0.39 is 0 Å². The molecule has 0 rings (SSSR count). The van der Waals surface area contributed by atoms with Crippen LogP contribution in [0.15, 0.2) is 0 Å². The molecule has 16 heavy (non-hydrogen) atoms. The number of carbonyl (C=O) groups excluding carboxylic acids is 1. The Kier molecular flexibility index (Phi) is 9.30. The van der Waals surface area contributed by atoms with Gasteiger partial charge in [0, 0.05) is 5.92 Å². The van der Waals surface area contributed by atoms with Crippen molar-refractivity contribution in [1.82, 2.24) is 5.32 Å². The molecule has 1 amide bonds. The molecule has 0 aliphatic rings. The van der Waals surface area contributed by atoms with Gasteiger partial charge in [-0.2, -0.15) is 0 Å². The minimum absolute atomic E-state index is 0.138. The number of hydrogen-bond acceptors (Lipinski definition) is 2. The van der Waals surface area contributed by atoms with Crippen LogP contribution in [-0.4, -0.2) is 18.7 Å². The second-order valence-electron chi connectivity index (χ2n) is 4.32. The Labute approximate surface area is 99.9 Å². The first-order valence-corrected chi connectivity index (χ1v) is 6.54. The lowest BCUT2D eigenvalue weighted by atomic mass is 9.99. The summed E-state index contributed by atoms with van der Waals surface area (Å²) in [7, 11) is 0. The fourth-order valence-corrected chi connectivity index (χ4v) is 1.49. The van der Waals surface area contributed by atoms with Crippen LogP contribution >= 0.6 is 0 Å². The van der Waals surface area contributed by atoms with Crippen LogP contribution in [0.3, 0.4) is 0 Å². The molecule has 2 atom stereocenters. The van der Waals surface area contributed by atoms with E-state index in [1.165, 1.54) is 0 Å². The van der Waals surface area contributed by atoms with Crippen LogP contribution < -0.4 is 5.32 Å². The topological polar surface area (TPSA) is 38.3 Å². The van der Waals surface area contributed by atoms with Crippen LogP contribution in [-0.2, 0) is 9.53 Å². The molecule has 0 saturated carbocycles. The second-order valence-corrected chi connectivity index (χ2v) is 4.32. The fraction of sp³-hybridized carbons (Fsp3) is 0.923. The molecule has 0 saturated heterocycles. The Balaban J connectivity index is 3.74. The largest absolute Gasteiger partial charge is 0.358 e. The highest BCUT2D eigenvalue weighted by Gasteiger charge is 2.15. The van der Waals surface area contributed by atoms with E-state index in [9.17, 15) is 4.79 Å². The molecule has 0 aliphatic carbocycles. The van der Waals surface area contributed by atoms with Crippen molar-refractivity contribution < 1.29 is 9.53 Å². The highest BCUT2D eigenvalue weighted by molar-refractivity contribution is 5.78. The first-order chi connectivity index (χ1) is 7.65. The zero-order chi connectivity index (χ0) is 12.4. The number of hydrogen-bond donors (Lipinski definition) is 1. The third-order valence-electron chi connectivity index (χ3n) is 2.96. The van der Waals surface area contributed by atoms with Crippen LogP contribution in [0, 0.1) is 5.92 Å². The third kappa shape index (κ3) is 6.83. The van der Waals surface area contributed by atoms with E-state index in [0.29, 0.717) is 6.73 Å². The van der Waals surface area contributed by atoms with Gasteiger partial charge in [0.2, 0.25) is 5.91 Å². The van der Waals surface area contributed by atoms with Gasteiger partial charge in [-0.1, -0.05) is 33.6 Å². The van der Waals surface area contributed by atoms with E-state index in [4.69, 9.17) is 4.74 Å². The van der Waals surface area contributed by atoms with Gasteiger partial charge in [-0.25, -0.2) is 0 Å². The average Bonchev–Trinajstić information content (AvgIpc) is 2.29. The van der Waals surface area contributed by atoms with Crippen molar-refractivity contribution in [1.29, 1.82) is 0 Å². The number of unbranched alkanes of at least 4 members (excludes halogenated alkanes) is 1. The van der Waals surface area contributed by atoms with Gasteiger partial charge in [-0.05, 0) is 26.2 Å². The van der Waals surface area contributed by atoms with Gasteiger partial charge in [-0.3, -0.25) is 4.79 Å². The molecule has 0 aromatic carbocycles. The summed E-state index contributed by atoms with van der Waals surface area (Å²) in [5.74, 6) is 0.291. The van der Waals surface area contributed by atoms with E-state index in [2.05, 4.69) is 26.1 Å². The molecule has 0 spiro atoms. The number of ether oxygens (including phenoxy) is 1. The minimum Gasteiger partial charge on any atom is -0.358 e. The van der Waals surface area contributed by atoms with Crippen molar-refractivity contribution in [2.45, 2.75) is 65.9 Å². The van der Waals surface area contributed by atoms with Gasteiger partial charge < -0.3 is 10.1 Å². The second kappa shape index (κ2) is 9.64. The summed E-state index contributed by atoms with van der Waals surface area (Å²) in [5.41, 5.74) is 0. The molecule has 0 aromatic heterocycles. The molecular weight excluding hydrogens is 202 g/mol. The van der Waals surface area contributed by atoms with Gasteiger partial charge in [0.1, 0.15) is 6.73 Å². The maximum Gasteiger partial charge on any atom is 0.224 e. The summed E-state index contributed by atoms with van der Waals surface area (Å²) in [5, 5.41) is 2.85. The summed E-state index contributed by atoms with van der Waals surface area (Å²) in [6.45, 7) is 8.64. The van der Waals surface area contributed by atoms with Crippen molar-refractivity contribution in [3.05, 3.63) is 0 Å². The van der Waals surface area contributed by atoms with Crippen molar-refractivity contribution in [2.24, 2.45) is 5.92 Å². The molecule has 0 fully saturated rings. The highest BCUT2D eigenvalue weighted by Crippen LogP contribution is 2.12. The molecule has 0 aliphatic heterocycles. The Bertz CT molecular complexity index is 183. The summed E-state index contributed by atoms with van der Waals surface area (Å²) in [4.78, 5) is 11.8. The van der Waals surface area contributed by atoms with Crippen LogP contribution in [0.25, 0.3) is 0 Å². The first-order valence-electron chi connectivity index (χ1n) is 6.54. The molecule has 3 heteroatoms. The van der Waals surface area contributed by atoms with E-state index in [-0.39, 0.29) is 17.9 Å². The maximum absolute atomic E-state index is 11.8. The van der Waals surface area contributed by atoms with E-state index >= 15 is 0 Å². The van der Waals surface area contributed by atoms with Crippen molar-refractivity contribution in [3.8, 4) is 0 Å². The lowest BCUT2D eigenvalue weighted by Gasteiger charge is -2.16. The third-order valence-corrected chi connectivity index (χ3v) is 2.96. The highest BCUT2D eigenvalue weighted by atomic mass is 16.5. The van der Waals surface area contributed by atoms with Crippen LogP contribution in [0.5, 0.6) is 0 Å². The predicted octanol–water partition coefficient (Wildman–Crippen LogP) is 3.09. The zero-order valence-electron chi connectivity index (χ0n) is 11.2. The number of rotatable bonds is 9. The SMILES string of the molecule is CCCCC(CC)C(=O)NCOC(C)CC. The van der Waals surface area contributed by atoms with Crippen LogP contribution in [0.1, 0.15) is 59.8 Å². The van der Waals surface area contributed by atoms with E-state index in [1.807, 2.05) is 6.92 Å². The van der Waals surface area contributed by atoms with Gasteiger partial charge >= 0.3 is 0 Å². The molecule has 96 valence electrons. The monoisotopic (exact) mass is 229 g/mol. The molecule has 0 radical (unpaired) electrons. The molecule has 3 nitrogen and oxygen atoms in total. The van der Waals surface area contributed by atoms with Crippen LogP contribution in [0.2, 0.25) is 0 Å². The quantitative estimate of drug-likeness (QED) is 0.617. The lowest BCUT2D eigenvalue weighted by molar-refractivity contribution is -0.127. The van der Waals surface area contributed by atoms with Crippen molar-refractivity contribution in [3.63, 3.8) is 0 Å². The summed E-state index contributed by atoms with van der Waals surface area (Å²) >= 11 is 0. The molecule has 0 heterocycles. The Morgan fingerprint density at radius 2 is 1.94 bits per heavy atom. The van der Waals surface area contributed by atoms with Crippen molar-refractivity contribution >= 4 is 5.91 Å². The Hall–Kier alpha value is -0.570. The van der Waals surface area contributed by atoms with E-state index in [0.717, 1.165) is 32.1 Å². The summed E-state index contributed by atoms with van der Waals surface area (Å²) < 4.78 is 5.43. The first kappa shape index (κ1) is 15.4. The predicted molar refractivity (Wildman–Crippen MR) is 67.2 cm³/mol. The minimum atomic E-state index is 0.138. The van der Waals surface area contributed by atoms with Gasteiger partial charge in [0.15, 0.2) is 0 Å². The fourth-order valence-electron chi connectivity index (χ4n) is 1.49. The molecule has 1 N–H and O–H groups in total. The lowest BCUT2D eigenvalue weighted by Crippen LogP contribution is -2.33. The van der Waals surface area contributed by atoms with Gasteiger partial charge in [0.25, 0.3) is 0 Å². The molecule has 0 aromatic rings. The standard InChI is InChI=1S/C13H27NO2/c1-5-8-9-12(7-3)13(15)14-10-16-11(4)6-2/h11-12H,5-10H2,1-4H3,(H,14,15). The summed E-state index contributed by atoms with van der Waals surface area (Å²) in [6, 6.07) is 0. The molecular formula is C13H27NO2.